The summed E-state index contributed by atoms with van der Waals surface area (Å²) in [7, 11) is 0. The van der Waals surface area contributed by atoms with E-state index in [1.807, 2.05) is 0 Å². The average Bonchev–Trinajstić information content (AvgIpc) is 2.84. The van der Waals surface area contributed by atoms with E-state index in [1.54, 1.807) is 5.10 Å². The zero-order valence-electron chi connectivity index (χ0n) is 20.9. The van der Waals surface area contributed by atoms with Gasteiger partial charge in [0.25, 0.3) is 11.5 Å². The number of rotatable bonds is 7. The van der Waals surface area contributed by atoms with Gasteiger partial charge in [0.15, 0.2) is 0 Å². The third-order valence-electron chi connectivity index (χ3n) is 6.56. The molecule has 9 nitrogen and oxygen atoms in total. The van der Waals surface area contributed by atoms with Gasteiger partial charge in [-0.1, -0.05) is 0 Å². The first kappa shape index (κ1) is 29.5. The van der Waals surface area contributed by atoms with Gasteiger partial charge in [0.05, 0.1) is 48.7 Å². The van der Waals surface area contributed by atoms with E-state index in [0.717, 1.165) is 6.20 Å². The van der Waals surface area contributed by atoms with E-state index in [9.17, 15) is 44.7 Å². The topological polar surface area (TPSA) is 103 Å². The van der Waals surface area contributed by atoms with Crippen LogP contribution in [0.15, 0.2) is 23.3 Å². The van der Waals surface area contributed by atoms with Crippen molar-refractivity contribution in [2.45, 2.75) is 50.1 Å². The molecule has 2 aliphatic heterocycles. The van der Waals surface area contributed by atoms with Crippen molar-refractivity contribution >= 4 is 17.4 Å². The number of aromatic amines is 1. The van der Waals surface area contributed by atoms with Gasteiger partial charge < -0.3 is 19.9 Å². The zero-order chi connectivity index (χ0) is 29.5. The molecule has 0 aliphatic carbocycles. The fourth-order valence-electron chi connectivity index (χ4n) is 4.73. The van der Waals surface area contributed by atoms with Crippen molar-refractivity contribution in [3.63, 3.8) is 0 Å². The van der Waals surface area contributed by atoms with Crippen LogP contribution in [0, 0.1) is 0 Å². The summed E-state index contributed by atoms with van der Waals surface area (Å²) >= 11 is 0. The number of amides is 1. The van der Waals surface area contributed by atoms with Crippen LogP contribution in [0.1, 0.15) is 36.5 Å². The number of alkyl halides is 8. The molecule has 4 heterocycles. The van der Waals surface area contributed by atoms with Gasteiger partial charge in [0.2, 0.25) is 5.91 Å². The molecule has 2 aliphatic rings. The fourth-order valence-corrected chi connectivity index (χ4v) is 4.73. The largest absolute Gasteiger partial charge is 0.423 e. The second kappa shape index (κ2) is 10.8. The number of pyridine rings is 1. The molecule has 4 rings (SSSR count). The number of H-pyrrole nitrogens is 1. The highest BCUT2D eigenvalue weighted by molar-refractivity contribution is 5.77. The van der Waals surface area contributed by atoms with E-state index in [-0.39, 0.29) is 45.1 Å². The molecule has 2 aromatic heterocycles. The van der Waals surface area contributed by atoms with Gasteiger partial charge in [-0.3, -0.25) is 9.59 Å². The number of nitrogens with one attached hydrogen (secondary N) is 2. The number of halogens is 8. The molecule has 2 atom stereocenters. The number of carbonyl (C=O) groups excluding carboxylic acids is 1. The van der Waals surface area contributed by atoms with Crippen LogP contribution in [0.2, 0.25) is 0 Å². The number of hydrogen-bond donors (Lipinski definition) is 2. The second-order valence-corrected chi connectivity index (χ2v) is 9.54. The Morgan fingerprint density at radius 1 is 1.20 bits per heavy atom. The lowest BCUT2D eigenvalue weighted by Crippen LogP contribution is -2.58. The minimum Gasteiger partial charge on any atom is -0.379 e. The van der Waals surface area contributed by atoms with Gasteiger partial charge in [-0.25, -0.2) is 18.9 Å². The predicted molar refractivity (Wildman–Crippen MR) is 124 cm³/mol. The Kier molecular flexibility index (Phi) is 7.97. The molecule has 1 saturated heterocycles. The van der Waals surface area contributed by atoms with E-state index in [4.69, 9.17) is 4.74 Å². The van der Waals surface area contributed by atoms with Crippen molar-refractivity contribution in [2.75, 3.05) is 43.1 Å². The Morgan fingerprint density at radius 3 is 2.60 bits per heavy atom. The van der Waals surface area contributed by atoms with Gasteiger partial charge >= 0.3 is 12.4 Å². The summed E-state index contributed by atoms with van der Waals surface area (Å²) < 4.78 is 114. The molecule has 0 radical (unpaired) electrons. The number of carbonyl (C=O) groups is 1. The van der Waals surface area contributed by atoms with Crippen molar-refractivity contribution in [1.29, 1.82) is 0 Å². The summed E-state index contributed by atoms with van der Waals surface area (Å²) in [6, 6.07) is -1.14. The van der Waals surface area contributed by atoms with Crippen molar-refractivity contribution < 1.29 is 44.7 Å². The fraction of sp³-hybridized carbons (Fsp3) is 0.565. The summed E-state index contributed by atoms with van der Waals surface area (Å²) in [5, 5.41) is 7.58. The summed E-state index contributed by atoms with van der Waals surface area (Å²) in [6.45, 7) is 1.38. The first-order chi connectivity index (χ1) is 18.6. The minimum atomic E-state index is -4.91. The summed E-state index contributed by atoms with van der Waals surface area (Å²) in [5.41, 5.74) is -5.44. The number of ether oxygens (including phenoxy) is 1. The molecule has 0 bridgehead atoms. The maximum Gasteiger partial charge on any atom is 0.423 e. The Labute approximate surface area is 221 Å². The molecule has 0 aromatic carbocycles. The van der Waals surface area contributed by atoms with E-state index < -0.39 is 70.6 Å². The third-order valence-corrected chi connectivity index (χ3v) is 6.56. The van der Waals surface area contributed by atoms with Gasteiger partial charge in [0.1, 0.15) is 11.4 Å². The lowest BCUT2D eigenvalue weighted by atomic mass is 9.92. The molecule has 1 amide bonds. The van der Waals surface area contributed by atoms with E-state index >= 15 is 0 Å². The van der Waals surface area contributed by atoms with Gasteiger partial charge in [-0.15, -0.1) is 0 Å². The lowest BCUT2D eigenvalue weighted by Gasteiger charge is -2.47. The zero-order valence-corrected chi connectivity index (χ0v) is 20.9. The van der Waals surface area contributed by atoms with Crippen LogP contribution in [0.5, 0.6) is 0 Å². The number of aromatic nitrogens is 3. The maximum absolute atomic E-state index is 14.8. The van der Waals surface area contributed by atoms with Crippen molar-refractivity contribution in [3.05, 3.63) is 45.5 Å². The standard InChI is InChI=1S/C23H24F8N6O3/c1-12(34-16-9-33-35-20(39)18(16)23(29,30)31)11-40-5-2-17(38)36-3-4-37-14(10-36)7-21(24,25)15-6-13(22(26,27)28)8-32-19(15)37/h6,8-9,12,14H,2-5,7,10-11H2,1H3,(H2,34,35,39)/t12-,14?/m0/s1. The highest BCUT2D eigenvalue weighted by Gasteiger charge is 2.49. The Hall–Kier alpha value is -3.50. The van der Waals surface area contributed by atoms with E-state index in [2.05, 4.69) is 15.4 Å². The number of nitrogens with zero attached hydrogens (tertiary/aromatic N) is 4. The monoisotopic (exact) mass is 584 g/mol. The van der Waals surface area contributed by atoms with Crippen LogP contribution in [-0.2, 0) is 27.8 Å². The smallest absolute Gasteiger partial charge is 0.379 e. The van der Waals surface area contributed by atoms with Gasteiger partial charge in [-0.2, -0.15) is 31.4 Å². The molecule has 220 valence electrons. The van der Waals surface area contributed by atoms with Crippen LogP contribution < -0.4 is 15.8 Å². The molecule has 17 heteroatoms. The van der Waals surface area contributed by atoms with E-state index in [0.29, 0.717) is 12.3 Å². The van der Waals surface area contributed by atoms with E-state index in [1.165, 1.54) is 16.7 Å². The molecule has 1 fully saturated rings. The van der Waals surface area contributed by atoms with Crippen LogP contribution in [0.25, 0.3) is 0 Å². The SMILES string of the molecule is C[C@@H](COCCC(=O)N1CCN2c3ncc(C(F)(F)F)cc3C(F)(F)CC2C1)Nc1cn[nH]c(=O)c1C(F)(F)F. The summed E-state index contributed by atoms with van der Waals surface area (Å²) in [6.07, 6.45) is -9.33. The van der Waals surface area contributed by atoms with Crippen molar-refractivity contribution in [1.82, 2.24) is 20.1 Å². The maximum atomic E-state index is 14.8. The van der Waals surface area contributed by atoms with Gasteiger partial charge in [-0.05, 0) is 13.0 Å². The number of hydrogen-bond acceptors (Lipinski definition) is 7. The van der Waals surface area contributed by atoms with Crippen LogP contribution >= 0.6 is 0 Å². The molecule has 0 spiro atoms. The third kappa shape index (κ3) is 6.28. The molecule has 2 N–H and O–H groups in total. The molecule has 40 heavy (non-hydrogen) atoms. The lowest BCUT2D eigenvalue weighted by molar-refractivity contribution is -0.139. The highest BCUT2D eigenvalue weighted by atomic mass is 19.4. The normalized spacial score (nSPS) is 19.6. The first-order valence-electron chi connectivity index (χ1n) is 12.1. The molecule has 0 saturated carbocycles. The van der Waals surface area contributed by atoms with Crippen molar-refractivity contribution in [3.8, 4) is 0 Å². The molecule has 1 unspecified atom stereocenters. The highest BCUT2D eigenvalue weighted by Crippen LogP contribution is 2.46. The summed E-state index contributed by atoms with van der Waals surface area (Å²) in [4.78, 5) is 30.7. The van der Waals surface area contributed by atoms with Crippen LogP contribution in [-0.4, -0.2) is 70.9 Å². The summed E-state index contributed by atoms with van der Waals surface area (Å²) in [5.74, 6) is -4.22. The first-order valence-corrected chi connectivity index (χ1v) is 12.1. The van der Waals surface area contributed by atoms with Crippen LogP contribution in [0.3, 0.4) is 0 Å². The van der Waals surface area contributed by atoms with Gasteiger partial charge in [0, 0.05) is 38.3 Å². The van der Waals surface area contributed by atoms with Crippen LogP contribution in [0.4, 0.5) is 46.6 Å². The second-order valence-electron chi connectivity index (χ2n) is 9.54. The molecule has 2 aromatic rings. The van der Waals surface area contributed by atoms with Crippen molar-refractivity contribution in [2.24, 2.45) is 0 Å². The average molecular weight is 584 g/mol. The minimum absolute atomic E-state index is 0.0887. The number of piperazine rings is 1. The number of fused-ring (bicyclic) bond motifs is 3. The Bertz CT molecular complexity index is 1300. The molecular weight excluding hydrogens is 560 g/mol. The Morgan fingerprint density at radius 2 is 1.93 bits per heavy atom. The number of anilines is 2. The predicted octanol–water partition coefficient (Wildman–Crippen LogP) is 3.62. The Balaban J connectivity index is 1.29. The quantitative estimate of drug-likeness (QED) is 0.379. The molecular formula is C23H24F8N6O3.